The molecule has 0 bridgehead atoms. The standard InChI is InChI=1S/C58H113NO5/c1-4-7-10-13-16-19-22-25-28-30-32-35-38-41-44-47-50-56(61)55(53-60)59-57(62)52-54(49-46-43-40-37-34-31-29-26-23-20-17-14-11-8-5-2)64-58(63)51-48-45-42-39-36-33-27-24-21-18-15-12-9-6-3/h33,36,54-56,60-61H,4-32,34-35,37-53H2,1-3H3,(H,59,62)/b36-33-. The third kappa shape index (κ3) is 47.1. The molecule has 0 aromatic carbocycles. The van der Waals surface area contributed by atoms with E-state index in [-0.39, 0.29) is 24.9 Å². The van der Waals surface area contributed by atoms with Crippen LogP contribution in [0.2, 0.25) is 0 Å². The van der Waals surface area contributed by atoms with Crippen molar-refractivity contribution in [1.82, 2.24) is 5.32 Å². The molecular formula is C58H113NO5. The topological polar surface area (TPSA) is 95.9 Å². The van der Waals surface area contributed by atoms with Gasteiger partial charge in [-0.25, -0.2) is 0 Å². The Morgan fingerprint density at radius 2 is 0.750 bits per heavy atom. The molecule has 380 valence electrons. The number of allylic oxidation sites excluding steroid dienone is 2. The van der Waals surface area contributed by atoms with Crippen LogP contribution in [0, 0.1) is 0 Å². The second kappa shape index (κ2) is 52.6. The Morgan fingerprint density at radius 1 is 0.438 bits per heavy atom. The summed E-state index contributed by atoms with van der Waals surface area (Å²) >= 11 is 0. The van der Waals surface area contributed by atoms with Gasteiger partial charge in [0, 0.05) is 6.42 Å². The quantitative estimate of drug-likeness (QED) is 0.0321. The average Bonchev–Trinajstić information content (AvgIpc) is 3.29. The highest BCUT2D eigenvalue weighted by molar-refractivity contribution is 5.77. The number of rotatable bonds is 53. The highest BCUT2D eigenvalue weighted by atomic mass is 16.5. The van der Waals surface area contributed by atoms with Gasteiger partial charge in [0.05, 0.1) is 25.2 Å². The van der Waals surface area contributed by atoms with Gasteiger partial charge in [-0.05, 0) is 51.4 Å². The van der Waals surface area contributed by atoms with Crippen LogP contribution < -0.4 is 5.32 Å². The molecule has 6 nitrogen and oxygen atoms in total. The molecule has 3 atom stereocenters. The highest BCUT2D eigenvalue weighted by Gasteiger charge is 2.24. The van der Waals surface area contributed by atoms with E-state index in [4.69, 9.17) is 4.74 Å². The maximum absolute atomic E-state index is 13.3. The zero-order valence-electron chi connectivity index (χ0n) is 43.4. The molecule has 3 N–H and O–H groups in total. The van der Waals surface area contributed by atoms with Gasteiger partial charge >= 0.3 is 5.97 Å². The van der Waals surface area contributed by atoms with Crippen molar-refractivity contribution in [3.05, 3.63) is 12.2 Å². The van der Waals surface area contributed by atoms with E-state index in [0.717, 1.165) is 51.4 Å². The van der Waals surface area contributed by atoms with E-state index >= 15 is 0 Å². The van der Waals surface area contributed by atoms with Gasteiger partial charge in [0.1, 0.15) is 6.10 Å². The van der Waals surface area contributed by atoms with Gasteiger partial charge in [-0.1, -0.05) is 270 Å². The first-order valence-electron chi connectivity index (χ1n) is 28.9. The van der Waals surface area contributed by atoms with E-state index in [0.29, 0.717) is 19.3 Å². The summed E-state index contributed by atoms with van der Waals surface area (Å²) in [6.45, 7) is 6.52. The van der Waals surface area contributed by atoms with Crippen molar-refractivity contribution >= 4 is 11.9 Å². The molecule has 3 unspecified atom stereocenters. The van der Waals surface area contributed by atoms with Gasteiger partial charge < -0.3 is 20.3 Å². The number of amides is 1. The van der Waals surface area contributed by atoms with E-state index < -0.39 is 18.2 Å². The molecule has 0 saturated carbocycles. The summed E-state index contributed by atoms with van der Waals surface area (Å²) in [7, 11) is 0. The fourth-order valence-electron chi connectivity index (χ4n) is 9.19. The van der Waals surface area contributed by atoms with E-state index in [2.05, 4.69) is 38.2 Å². The van der Waals surface area contributed by atoms with Crippen LogP contribution in [0.1, 0.15) is 323 Å². The monoisotopic (exact) mass is 904 g/mol. The average molecular weight is 905 g/mol. The lowest BCUT2D eigenvalue weighted by Crippen LogP contribution is -2.46. The molecule has 0 saturated heterocycles. The number of esters is 1. The Kier molecular flexibility index (Phi) is 51.4. The van der Waals surface area contributed by atoms with Crippen molar-refractivity contribution in [3.8, 4) is 0 Å². The molecule has 1 amide bonds. The summed E-state index contributed by atoms with van der Waals surface area (Å²) in [5.74, 6) is -0.470. The van der Waals surface area contributed by atoms with Crippen molar-refractivity contribution in [3.63, 3.8) is 0 Å². The summed E-state index contributed by atoms with van der Waals surface area (Å²) in [4.78, 5) is 26.2. The van der Waals surface area contributed by atoms with Gasteiger partial charge in [-0.15, -0.1) is 0 Å². The molecule has 6 heteroatoms. The van der Waals surface area contributed by atoms with Crippen LogP contribution in [0.4, 0.5) is 0 Å². The third-order valence-electron chi connectivity index (χ3n) is 13.6. The minimum Gasteiger partial charge on any atom is -0.462 e. The smallest absolute Gasteiger partial charge is 0.306 e. The van der Waals surface area contributed by atoms with E-state index in [1.165, 1.54) is 225 Å². The fourth-order valence-corrected chi connectivity index (χ4v) is 9.19. The van der Waals surface area contributed by atoms with Crippen LogP contribution in [-0.4, -0.2) is 46.9 Å². The lowest BCUT2D eigenvalue weighted by Gasteiger charge is -2.24. The zero-order chi connectivity index (χ0) is 46.7. The summed E-state index contributed by atoms with van der Waals surface area (Å²) in [6, 6.07) is -0.699. The summed E-state index contributed by atoms with van der Waals surface area (Å²) in [5, 5.41) is 23.9. The summed E-state index contributed by atoms with van der Waals surface area (Å²) in [5.41, 5.74) is 0. The van der Waals surface area contributed by atoms with Crippen LogP contribution in [-0.2, 0) is 14.3 Å². The van der Waals surface area contributed by atoms with Crippen LogP contribution in [0.25, 0.3) is 0 Å². The predicted octanol–water partition coefficient (Wildman–Crippen LogP) is 17.7. The zero-order valence-corrected chi connectivity index (χ0v) is 43.4. The highest BCUT2D eigenvalue weighted by Crippen LogP contribution is 2.19. The van der Waals surface area contributed by atoms with Gasteiger partial charge in [0.15, 0.2) is 0 Å². The number of unbranched alkanes of at least 4 members (excludes halogenated alkanes) is 39. The number of hydrogen-bond donors (Lipinski definition) is 3. The molecule has 0 fully saturated rings. The first-order valence-corrected chi connectivity index (χ1v) is 28.9. The maximum Gasteiger partial charge on any atom is 0.306 e. The molecule has 64 heavy (non-hydrogen) atoms. The Hall–Kier alpha value is -1.40. The van der Waals surface area contributed by atoms with Crippen molar-refractivity contribution < 1.29 is 24.5 Å². The lowest BCUT2D eigenvalue weighted by molar-refractivity contribution is -0.151. The number of aliphatic hydroxyl groups excluding tert-OH is 2. The van der Waals surface area contributed by atoms with Crippen LogP contribution >= 0.6 is 0 Å². The Balaban J connectivity index is 4.51. The lowest BCUT2D eigenvalue weighted by atomic mass is 10.0. The molecule has 0 rings (SSSR count). The maximum atomic E-state index is 13.3. The minimum absolute atomic E-state index is 0.0795. The number of nitrogens with one attached hydrogen (secondary N) is 1. The Bertz CT molecular complexity index is 970. The first kappa shape index (κ1) is 62.6. The molecule has 0 aliphatic rings. The van der Waals surface area contributed by atoms with Crippen molar-refractivity contribution in [2.24, 2.45) is 0 Å². The third-order valence-corrected chi connectivity index (χ3v) is 13.6. The molecule has 0 spiro atoms. The molecule has 0 aliphatic carbocycles. The van der Waals surface area contributed by atoms with Crippen LogP contribution in [0.15, 0.2) is 12.2 Å². The molecule has 0 aromatic heterocycles. The number of aliphatic hydroxyl groups is 2. The molecule has 0 aromatic rings. The van der Waals surface area contributed by atoms with Gasteiger partial charge in [-0.2, -0.15) is 0 Å². The Morgan fingerprint density at radius 3 is 1.11 bits per heavy atom. The van der Waals surface area contributed by atoms with Gasteiger partial charge in [0.2, 0.25) is 5.91 Å². The van der Waals surface area contributed by atoms with Crippen molar-refractivity contribution in [1.29, 1.82) is 0 Å². The number of carbonyl (C=O) groups is 2. The van der Waals surface area contributed by atoms with Crippen molar-refractivity contribution in [2.75, 3.05) is 6.61 Å². The van der Waals surface area contributed by atoms with Gasteiger partial charge in [0.25, 0.3) is 0 Å². The van der Waals surface area contributed by atoms with Gasteiger partial charge in [-0.3, -0.25) is 9.59 Å². The number of hydrogen-bond acceptors (Lipinski definition) is 5. The molecule has 0 aliphatic heterocycles. The van der Waals surface area contributed by atoms with E-state index in [1.807, 2.05) is 0 Å². The summed E-state index contributed by atoms with van der Waals surface area (Å²) < 4.78 is 5.95. The Labute approximate surface area is 399 Å². The summed E-state index contributed by atoms with van der Waals surface area (Å²) in [6.07, 6.45) is 59.9. The second-order valence-corrected chi connectivity index (χ2v) is 20.1. The fraction of sp³-hybridized carbons (Fsp3) is 0.931. The normalized spacial score (nSPS) is 13.1. The van der Waals surface area contributed by atoms with E-state index in [9.17, 15) is 19.8 Å². The molecular weight excluding hydrogens is 791 g/mol. The largest absolute Gasteiger partial charge is 0.462 e. The number of ether oxygens (including phenoxy) is 1. The second-order valence-electron chi connectivity index (χ2n) is 20.1. The SMILES string of the molecule is CCCCCCCCC/C=C\CCCCCC(=O)OC(CCCCCCCCCCCCCCCCC)CC(=O)NC(CO)C(O)CCCCCCCCCCCCCCCCCC. The van der Waals surface area contributed by atoms with Crippen LogP contribution in [0.5, 0.6) is 0 Å². The minimum atomic E-state index is -0.785. The predicted molar refractivity (Wildman–Crippen MR) is 278 cm³/mol. The molecule has 0 heterocycles. The van der Waals surface area contributed by atoms with Crippen LogP contribution in [0.3, 0.4) is 0 Å². The van der Waals surface area contributed by atoms with Crippen molar-refractivity contribution in [2.45, 2.75) is 341 Å². The van der Waals surface area contributed by atoms with E-state index in [1.54, 1.807) is 0 Å². The number of carbonyl (C=O) groups excluding carboxylic acids is 2. The first-order chi connectivity index (χ1) is 31.5. The molecule has 0 radical (unpaired) electrons.